The fourth-order valence-electron chi connectivity index (χ4n) is 3.02. The summed E-state index contributed by atoms with van der Waals surface area (Å²) in [5, 5.41) is 6.33. The fraction of sp³-hybridized carbons (Fsp3) is 0.421. The van der Waals surface area contributed by atoms with Crippen molar-refractivity contribution in [3.63, 3.8) is 0 Å². The van der Waals surface area contributed by atoms with Crippen molar-refractivity contribution in [3.8, 4) is 0 Å². The van der Waals surface area contributed by atoms with Crippen LogP contribution in [0.1, 0.15) is 53.7 Å². The minimum Gasteiger partial charge on any atom is -0.348 e. The molecule has 1 fully saturated rings. The van der Waals surface area contributed by atoms with Gasteiger partial charge in [-0.25, -0.2) is 9.97 Å². The van der Waals surface area contributed by atoms with Gasteiger partial charge in [0, 0.05) is 17.8 Å². The van der Waals surface area contributed by atoms with Crippen molar-refractivity contribution in [2.24, 2.45) is 0 Å². The standard InChI is InChI=1S/C19H24N4O/c1-13-8-9-16(10-14(13)2)22-18-11-17(20-12-21-18)19(24)23-15-6-4-3-5-7-15/h8-12,15H,3-7H2,1-2H3,(H,23,24)(H,20,21,22). The lowest BCUT2D eigenvalue weighted by atomic mass is 9.95. The molecule has 0 atom stereocenters. The molecule has 0 saturated heterocycles. The third-order valence-corrected chi connectivity index (χ3v) is 4.62. The lowest BCUT2D eigenvalue weighted by Crippen LogP contribution is -2.36. The Hall–Kier alpha value is -2.43. The Bertz CT molecular complexity index is 723. The molecular formula is C19H24N4O. The summed E-state index contributed by atoms with van der Waals surface area (Å²) in [5.74, 6) is 0.509. The number of carbonyl (C=O) groups excluding carboxylic acids is 1. The number of nitrogens with one attached hydrogen (secondary N) is 2. The lowest BCUT2D eigenvalue weighted by molar-refractivity contribution is 0.0922. The van der Waals surface area contributed by atoms with E-state index in [1.54, 1.807) is 6.07 Å². The second-order valence-electron chi connectivity index (χ2n) is 6.52. The Kier molecular flexibility index (Phi) is 5.08. The van der Waals surface area contributed by atoms with Gasteiger partial charge in [0.05, 0.1) is 0 Å². The number of anilines is 2. The smallest absolute Gasteiger partial charge is 0.270 e. The Morgan fingerprint density at radius 3 is 2.58 bits per heavy atom. The third-order valence-electron chi connectivity index (χ3n) is 4.62. The van der Waals surface area contributed by atoms with Gasteiger partial charge in [0.25, 0.3) is 5.91 Å². The highest BCUT2D eigenvalue weighted by Crippen LogP contribution is 2.20. The highest BCUT2D eigenvalue weighted by Gasteiger charge is 2.17. The molecule has 1 amide bonds. The monoisotopic (exact) mass is 324 g/mol. The molecule has 1 aromatic carbocycles. The van der Waals surface area contributed by atoms with Crippen LogP contribution in [0.4, 0.5) is 11.5 Å². The van der Waals surface area contributed by atoms with E-state index in [2.05, 4.69) is 46.6 Å². The van der Waals surface area contributed by atoms with Gasteiger partial charge in [-0.05, 0) is 49.9 Å². The number of nitrogens with zero attached hydrogens (tertiary/aromatic N) is 2. The van der Waals surface area contributed by atoms with Gasteiger partial charge in [0.1, 0.15) is 17.8 Å². The van der Waals surface area contributed by atoms with Crippen molar-refractivity contribution >= 4 is 17.4 Å². The first-order valence-electron chi connectivity index (χ1n) is 8.59. The highest BCUT2D eigenvalue weighted by molar-refractivity contribution is 5.93. The maximum Gasteiger partial charge on any atom is 0.270 e. The topological polar surface area (TPSA) is 66.9 Å². The quantitative estimate of drug-likeness (QED) is 0.895. The van der Waals surface area contributed by atoms with Crippen LogP contribution in [0.15, 0.2) is 30.6 Å². The normalized spacial score (nSPS) is 15.1. The molecule has 0 aliphatic heterocycles. The summed E-state index contributed by atoms with van der Waals surface area (Å²) in [6, 6.07) is 8.12. The third kappa shape index (κ3) is 4.10. The number of hydrogen-bond acceptors (Lipinski definition) is 4. The summed E-state index contributed by atoms with van der Waals surface area (Å²) in [6.45, 7) is 4.15. The van der Waals surface area contributed by atoms with E-state index in [9.17, 15) is 4.79 Å². The molecule has 0 radical (unpaired) electrons. The molecule has 0 spiro atoms. The van der Waals surface area contributed by atoms with Gasteiger partial charge in [0.2, 0.25) is 0 Å². The Morgan fingerprint density at radius 1 is 1.04 bits per heavy atom. The summed E-state index contributed by atoms with van der Waals surface area (Å²) >= 11 is 0. The number of aryl methyl sites for hydroxylation is 2. The summed E-state index contributed by atoms with van der Waals surface area (Å²) in [4.78, 5) is 20.7. The zero-order valence-electron chi connectivity index (χ0n) is 14.3. The van der Waals surface area contributed by atoms with E-state index in [-0.39, 0.29) is 11.9 Å². The van der Waals surface area contributed by atoms with Crippen LogP contribution in [0.25, 0.3) is 0 Å². The van der Waals surface area contributed by atoms with Crippen LogP contribution in [0.3, 0.4) is 0 Å². The number of hydrogen-bond donors (Lipinski definition) is 2. The van der Waals surface area contributed by atoms with Crippen molar-refractivity contribution in [2.45, 2.75) is 52.0 Å². The first kappa shape index (κ1) is 16.4. The van der Waals surface area contributed by atoms with Gasteiger partial charge in [-0.2, -0.15) is 0 Å². The van der Waals surface area contributed by atoms with Crippen molar-refractivity contribution in [1.29, 1.82) is 0 Å². The Labute approximate surface area is 142 Å². The highest BCUT2D eigenvalue weighted by atomic mass is 16.1. The van der Waals surface area contributed by atoms with E-state index < -0.39 is 0 Å². The minimum absolute atomic E-state index is 0.118. The molecule has 2 aromatic rings. The van der Waals surface area contributed by atoms with Crippen LogP contribution in [-0.2, 0) is 0 Å². The molecule has 126 valence electrons. The molecule has 24 heavy (non-hydrogen) atoms. The van der Waals surface area contributed by atoms with E-state index in [0.717, 1.165) is 18.5 Å². The molecule has 0 unspecified atom stereocenters. The average Bonchev–Trinajstić information content (AvgIpc) is 2.59. The number of rotatable bonds is 4. The fourth-order valence-corrected chi connectivity index (χ4v) is 3.02. The molecule has 5 nitrogen and oxygen atoms in total. The zero-order valence-corrected chi connectivity index (χ0v) is 14.3. The van der Waals surface area contributed by atoms with Crippen molar-refractivity contribution in [1.82, 2.24) is 15.3 Å². The van der Waals surface area contributed by atoms with E-state index >= 15 is 0 Å². The predicted octanol–water partition coefficient (Wildman–Crippen LogP) is 3.90. The van der Waals surface area contributed by atoms with Crippen LogP contribution >= 0.6 is 0 Å². The van der Waals surface area contributed by atoms with Crippen LogP contribution in [-0.4, -0.2) is 21.9 Å². The molecule has 0 bridgehead atoms. The molecule has 5 heteroatoms. The molecule has 1 saturated carbocycles. The predicted molar refractivity (Wildman–Crippen MR) is 95.6 cm³/mol. The summed E-state index contributed by atoms with van der Waals surface area (Å²) in [6.07, 6.45) is 7.20. The lowest BCUT2D eigenvalue weighted by Gasteiger charge is -2.22. The second kappa shape index (κ2) is 7.43. The molecule has 1 aliphatic carbocycles. The SMILES string of the molecule is Cc1ccc(Nc2cc(C(=O)NC3CCCCC3)ncn2)cc1C. The number of amides is 1. The summed E-state index contributed by atoms with van der Waals surface area (Å²) in [5.41, 5.74) is 3.82. The van der Waals surface area contributed by atoms with E-state index in [4.69, 9.17) is 0 Å². The van der Waals surface area contributed by atoms with Crippen molar-refractivity contribution in [2.75, 3.05) is 5.32 Å². The maximum atomic E-state index is 12.4. The number of carbonyl (C=O) groups is 1. The van der Waals surface area contributed by atoms with Gasteiger partial charge in [0.15, 0.2) is 0 Å². The van der Waals surface area contributed by atoms with Crippen molar-refractivity contribution < 1.29 is 4.79 Å². The van der Waals surface area contributed by atoms with E-state index in [1.165, 1.54) is 36.7 Å². The Balaban J connectivity index is 1.68. The molecule has 3 rings (SSSR count). The summed E-state index contributed by atoms with van der Waals surface area (Å²) < 4.78 is 0. The van der Waals surface area contributed by atoms with Crippen LogP contribution in [0, 0.1) is 13.8 Å². The summed E-state index contributed by atoms with van der Waals surface area (Å²) in [7, 11) is 0. The zero-order chi connectivity index (χ0) is 16.9. The van der Waals surface area contributed by atoms with Gasteiger partial charge in [-0.1, -0.05) is 25.3 Å². The van der Waals surface area contributed by atoms with Gasteiger partial charge in [-0.15, -0.1) is 0 Å². The van der Waals surface area contributed by atoms with Crippen LogP contribution in [0.2, 0.25) is 0 Å². The molecular weight excluding hydrogens is 300 g/mol. The largest absolute Gasteiger partial charge is 0.348 e. The van der Waals surface area contributed by atoms with Crippen molar-refractivity contribution in [3.05, 3.63) is 47.4 Å². The minimum atomic E-state index is -0.118. The van der Waals surface area contributed by atoms with Crippen LogP contribution < -0.4 is 10.6 Å². The first-order valence-corrected chi connectivity index (χ1v) is 8.59. The second-order valence-corrected chi connectivity index (χ2v) is 6.52. The van der Waals surface area contributed by atoms with Gasteiger partial charge in [-0.3, -0.25) is 4.79 Å². The Morgan fingerprint density at radius 2 is 1.83 bits per heavy atom. The van der Waals surface area contributed by atoms with Crippen LogP contribution in [0.5, 0.6) is 0 Å². The molecule has 2 N–H and O–H groups in total. The van der Waals surface area contributed by atoms with Gasteiger partial charge >= 0.3 is 0 Å². The van der Waals surface area contributed by atoms with E-state index in [0.29, 0.717) is 11.5 Å². The van der Waals surface area contributed by atoms with Gasteiger partial charge < -0.3 is 10.6 Å². The maximum absolute atomic E-state index is 12.4. The molecule has 1 aromatic heterocycles. The average molecular weight is 324 g/mol. The first-order chi connectivity index (χ1) is 11.6. The number of benzene rings is 1. The van der Waals surface area contributed by atoms with E-state index in [1.807, 2.05) is 6.07 Å². The molecule has 1 heterocycles. The molecule has 1 aliphatic rings. The number of aromatic nitrogens is 2.